The van der Waals surface area contributed by atoms with Gasteiger partial charge in [-0.25, -0.2) is 0 Å². The zero-order chi connectivity index (χ0) is 18.0. The summed E-state index contributed by atoms with van der Waals surface area (Å²) in [6, 6.07) is 11.1. The van der Waals surface area contributed by atoms with Gasteiger partial charge in [0.15, 0.2) is 0 Å². The van der Waals surface area contributed by atoms with Crippen LogP contribution in [-0.4, -0.2) is 80.3 Å². The maximum Gasteiger partial charge on any atom is 0.282 e. The third-order valence-electron chi connectivity index (χ3n) is 6.01. The predicted octanol–water partition coefficient (Wildman–Crippen LogP) is 1.61. The van der Waals surface area contributed by atoms with Gasteiger partial charge in [0.25, 0.3) is 10.2 Å². The van der Waals surface area contributed by atoms with Crippen LogP contribution in [0.3, 0.4) is 0 Å². The quantitative estimate of drug-likeness (QED) is 0.799. The summed E-state index contributed by atoms with van der Waals surface area (Å²) in [5.74, 6) is 0. The number of hydrogen-bond donors (Lipinski definition) is 0. The molecule has 0 spiro atoms. The molecule has 3 heterocycles. The first kappa shape index (κ1) is 18.2. The van der Waals surface area contributed by atoms with E-state index in [1.54, 1.807) is 8.61 Å². The van der Waals surface area contributed by atoms with Gasteiger partial charge in [-0.1, -0.05) is 18.2 Å². The Morgan fingerprint density at radius 2 is 1.46 bits per heavy atom. The van der Waals surface area contributed by atoms with Crippen molar-refractivity contribution in [2.75, 3.05) is 57.3 Å². The van der Waals surface area contributed by atoms with Gasteiger partial charge in [0.2, 0.25) is 0 Å². The number of para-hydroxylation sites is 1. The average molecular weight is 379 g/mol. The molecule has 0 aliphatic carbocycles. The smallest absolute Gasteiger partial charge is 0.282 e. The molecule has 4 rings (SSSR count). The third kappa shape index (κ3) is 3.76. The molecule has 0 aromatic heterocycles. The van der Waals surface area contributed by atoms with E-state index in [1.165, 1.54) is 5.69 Å². The van der Waals surface area contributed by atoms with E-state index in [2.05, 4.69) is 40.1 Å². The van der Waals surface area contributed by atoms with Gasteiger partial charge in [-0.3, -0.25) is 4.90 Å². The topological polar surface area (TPSA) is 47.1 Å². The largest absolute Gasteiger partial charge is 0.370 e. The van der Waals surface area contributed by atoms with Crippen molar-refractivity contribution in [1.29, 1.82) is 0 Å². The highest BCUT2D eigenvalue weighted by atomic mass is 32.2. The van der Waals surface area contributed by atoms with E-state index >= 15 is 0 Å². The van der Waals surface area contributed by atoms with Crippen molar-refractivity contribution in [3.8, 4) is 0 Å². The summed E-state index contributed by atoms with van der Waals surface area (Å²) in [4.78, 5) is 4.97. The van der Waals surface area contributed by atoms with Crippen molar-refractivity contribution in [2.24, 2.45) is 0 Å². The highest BCUT2D eigenvalue weighted by Gasteiger charge is 2.35. The Bertz CT molecular complexity index is 691. The normalized spacial score (nSPS) is 27.1. The highest BCUT2D eigenvalue weighted by Crippen LogP contribution is 2.24. The number of rotatable bonds is 4. The zero-order valence-electron chi connectivity index (χ0n) is 15.5. The molecule has 26 heavy (non-hydrogen) atoms. The van der Waals surface area contributed by atoms with E-state index in [0.29, 0.717) is 32.2 Å². The first-order valence-corrected chi connectivity index (χ1v) is 11.3. The van der Waals surface area contributed by atoms with E-state index in [4.69, 9.17) is 0 Å². The standard InChI is InChI=1S/C19H30N4O2S/c24-26(25,22-11-4-5-12-22)23-13-6-10-20(15-16-23)19-9-14-21(17-19)18-7-2-1-3-8-18/h1-3,7-8,19H,4-6,9-17H2. The van der Waals surface area contributed by atoms with Crippen LogP contribution in [0.4, 0.5) is 5.69 Å². The molecule has 1 atom stereocenters. The second kappa shape index (κ2) is 7.84. The summed E-state index contributed by atoms with van der Waals surface area (Å²) in [6.07, 6.45) is 4.08. The molecule has 3 aliphatic rings. The van der Waals surface area contributed by atoms with E-state index in [-0.39, 0.29) is 0 Å². The van der Waals surface area contributed by atoms with Crippen molar-refractivity contribution in [3.63, 3.8) is 0 Å². The Labute approximate surface area is 157 Å². The van der Waals surface area contributed by atoms with Gasteiger partial charge in [-0.05, 0) is 44.4 Å². The minimum atomic E-state index is -3.26. The lowest BCUT2D eigenvalue weighted by Gasteiger charge is -2.29. The van der Waals surface area contributed by atoms with Crippen molar-refractivity contribution >= 4 is 15.9 Å². The summed E-state index contributed by atoms with van der Waals surface area (Å²) in [6.45, 7) is 6.64. The molecule has 0 radical (unpaired) electrons. The van der Waals surface area contributed by atoms with Gasteiger partial charge in [0.1, 0.15) is 0 Å². The second-order valence-electron chi connectivity index (χ2n) is 7.63. The first-order valence-electron chi connectivity index (χ1n) is 9.94. The van der Waals surface area contributed by atoms with Crippen LogP contribution in [-0.2, 0) is 10.2 Å². The molecule has 0 bridgehead atoms. The molecule has 1 aromatic carbocycles. The Kier molecular flexibility index (Phi) is 5.50. The maximum atomic E-state index is 12.8. The fraction of sp³-hybridized carbons (Fsp3) is 0.684. The summed E-state index contributed by atoms with van der Waals surface area (Å²) in [5, 5.41) is 0. The van der Waals surface area contributed by atoms with Crippen molar-refractivity contribution in [2.45, 2.75) is 31.7 Å². The molecule has 0 N–H and O–H groups in total. The van der Waals surface area contributed by atoms with Crippen LogP contribution in [0.1, 0.15) is 25.7 Å². The van der Waals surface area contributed by atoms with Crippen molar-refractivity contribution in [1.82, 2.24) is 13.5 Å². The zero-order valence-corrected chi connectivity index (χ0v) is 16.3. The minimum absolute atomic E-state index is 0.532. The van der Waals surface area contributed by atoms with Crippen LogP contribution in [0.25, 0.3) is 0 Å². The number of anilines is 1. The Hall–Kier alpha value is -1.15. The molecule has 144 valence electrons. The van der Waals surface area contributed by atoms with Gasteiger partial charge >= 0.3 is 0 Å². The minimum Gasteiger partial charge on any atom is -0.370 e. The van der Waals surface area contributed by atoms with E-state index in [1.807, 2.05) is 0 Å². The number of nitrogens with zero attached hydrogens (tertiary/aromatic N) is 4. The molecule has 0 saturated carbocycles. The van der Waals surface area contributed by atoms with Crippen LogP contribution in [0.2, 0.25) is 0 Å². The lowest BCUT2D eigenvalue weighted by atomic mass is 10.2. The molecule has 1 aromatic rings. The average Bonchev–Trinajstić information content (AvgIpc) is 3.31. The number of benzene rings is 1. The predicted molar refractivity (Wildman–Crippen MR) is 105 cm³/mol. The van der Waals surface area contributed by atoms with Gasteiger partial charge in [0.05, 0.1) is 0 Å². The fourth-order valence-electron chi connectivity index (χ4n) is 4.50. The molecule has 0 amide bonds. The van der Waals surface area contributed by atoms with Crippen LogP contribution in [0, 0.1) is 0 Å². The lowest BCUT2D eigenvalue weighted by Crippen LogP contribution is -2.45. The van der Waals surface area contributed by atoms with Crippen LogP contribution in [0.15, 0.2) is 30.3 Å². The third-order valence-corrected chi connectivity index (χ3v) is 8.04. The lowest BCUT2D eigenvalue weighted by molar-refractivity contribution is 0.219. The molecule has 1 unspecified atom stereocenters. The molecule has 3 aliphatic heterocycles. The second-order valence-corrected chi connectivity index (χ2v) is 9.56. The SMILES string of the molecule is O=S(=O)(N1CCCC1)N1CCCN(C2CCN(c3ccccc3)C2)CC1. The van der Waals surface area contributed by atoms with Gasteiger partial charge in [-0.15, -0.1) is 0 Å². The van der Waals surface area contributed by atoms with Gasteiger partial charge in [0, 0.05) is 57.5 Å². The first-order chi connectivity index (χ1) is 12.6. The van der Waals surface area contributed by atoms with Crippen molar-refractivity contribution < 1.29 is 8.42 Å². The Morgan fingerprint density at radius 3 is 2.23 bits per heavy atom. The van der Waals surface area contributed by atoms with Crippen LogP contribution < -0.4 is 4.90 Å². The van der Waals surface area contributed by atoms with E-state index < -0.39 is 10.2 Å². The molecule has 3 saturated heterocycles. The van der Waals surface area contributed by atoms with E-state index in [9.17, 15) is 8.42 Å². The maximum absolute atomic E-state index is 12.8. The monoisotopic (exact) mass is 378 g/mol. The molecular formula is C19H30N4O2S. The van der Waals surface area contributed by atoms with Gasteiger partial charge in [-0.2, -0.15) is 17.0 Å². The van der Waals surface area contributed by atoms with Crippen LogP contribution >= 0.6 is 0 Å². The summed E-state index contributed by atoms with van der Waals surface area (Å²) in [7, 11) is -3.26. The van der Waals surface area contributed by atoms with Crippen molar-refractivity contribution in [3.05, 3.63) is 30.3 Å². The summed E-state index contributed by atoms with van der Waals surface area (Å²) >= 11 is 0. The summed E-state index contributed by atoms with van der Waals surface area (Å²) < 4.78 is 29.1. The Morgan fingerprint density at radius 1 is 0.769 bits per heavy atom. The molecular weight excluding hydrogens is 348 g/mol. The van der Waals surface area contributed by atoms with E-state index in [0.717, 1.165) is 51.9 Å². The fourth-order valence-corrected chi connectivity index (χ4v) is 6.22. The molecule has 7 heteroatoms. The Balaban J connectivity index is 1.35. The van der Waals surface area contributed by atoms with Crippen LogP contribution in [0.5, 0.6) is 0 Å². The number of hydrogen-bond acceptors (Lipinski definition) is 4. The molecule has 6 nitrogen and oxygen atoms in total. The highest BCUT2D eigenvalue weighted by molar-refractivity contribution is 7.86. The summed E-state index contributed by atoms with van der Waals surface area (Å²) in [5.41, 5.74) is 1.29. The van der Waals surface area contributed by atoms with Gasteiger partial charge < -0.3 is 4.90 Å². The molecule has 3 fully saturated rings.